The predicted molar refractivity (Wildman–Crippen MR) is 62.9 cm³/mol. The van der Waals surface area contributed by atoms with Crippen LogP contribution in [0.1, 0.15) is 36.7 Å². The second-order valence-electron chi connectivity index (χ2n) is 4.83. The highest BCUT2D eigenvalue weighted by Crippen LogP contribution is 2.25. The predicted octanol–water partition coefficient (Wildman–Crippen LogP) is 3.10. The van der Waals surface area contributed by atoms with Crippen molar-refractivity contribution in [3.05, 3.63) is 29.1 Å². The van der Waals surface area contributed by atoms with Gasteiger partial charge in [0.1, 0.15) is 22.7 Å². The van der Waals surface area contributed by atoms with Crippen molar-refractivity contribution in [1.29, 1.82) is 0 Å². The number of hydrogen-bond acceptors (Lipinski definition) is 3. The quantitative estimate of drug-likeness (QED) is 0.745. The van der Waals surface area contributed by atoms with Crippen molar-refractivity contribution in [2.24, 2.45) is 0 Å². The van der Waals surface area contributed by atoms with E-state index in [9.17, 15) is 9.18 Å². The molecule has 0 aromatic heterocycles. The molecule has 0 bridgehead atoms. The van der Waals surface area contributed by atoms with E-state index in [4.69, 9.17) is 9.47 Å². The smallest absolute Gasteiger partial charge is 0.345 e. The van der Waals surface area contributed by atoms with Gasteiger partial charge in [0.05, 0.1) is 7.11 Å². The van der Waals surface area contributed by atoms with E-state index in [-0.39, 0.29) is 11.3 Å². The van der Waals surface area contributed by atoms with Crippen LogP contribution >= 0.6 is 0 Å². The second kappa shape index (κ2) is 4.73. The lowest BCUT2D eigenvalue weighted by Gasteiger charge is -2.20. The molecule has 0 saturated heterocycles. The van der Waals surface area contributed by atoms with Crippen LogP contribution in [0.3, 0.4) is 0 Å². The van der Waals surface area contributed by atoms with Crippen molar-refractivity contribution >= 4 is 5.97 Å². The summed E-state index contributed by atoms with van der Waals surface area (Å²) in [6, 6.07) is 2.88. The zero-order valence-corrected chi connectivity index (χ0v) is 10.8. The van der Waals surface area contributed by atoms with Crippen LogP contribution in [0.25, 0.3) is 0 Å². The molecule has 0 unspecified atom stereocenters. The van der Waals surface area contributed by atoms with Gasteiger partial charge in [-0.15, -0.1) is 0 Å². The molecule has 4 heteroatoms. The number of carbonyl (C=O) groups excluding carboxylic acids is 1. The lowest BCUT2D eigenvalue weighted by atomic mass is 10.1. The van der Waals surface area contributed by atoms with Crippen LogP contribution < -0.4 is 4.74 Å². The standard InChI is InChI=1S/C13H17FO3/c1-8-6-9(14)11(10(7-8)16-5)12(15)17-13(2,3)4/h6-7H,1-5H3. The van der Waals surface area contributed by atoms with Gasteiger partial charge in [-0.05, 0) is 45.4 Å². The molecule has 0 aliphatic rings. The first-order valence-corrected chi connectivity index (χ1v) is 5.32. The van der Waals surface area contributed by atoms with Gasteiger partial charge in [-0.1, -0.05) is 0 Å². The first-order valence-electron chi connectivity index (χ1n) is 5.32. The molecule has 0 heterocycles. The lowest BCUT2D eigenvalue weighted by Crippen LogP contribution is -2.25. The van der Waals surface area contributed by atoms with Crippen molar-refractivity contribution in [2.45, 2.75) is 33.3 Å². The van der Waals surface area contributed by atoms with Crippen molar-refractivity contribution in [3.63, 3.8) is 0 Å². The van der Waals surface area contributed by atoms with Crippen LogP contribution in [-0.4, -0.2) is 18.7 Å². The maximum absolute atomic E-state index is 13.7. The summed E-state index contributed by atoms with van der Waals surface area (Å²) in [5.41, 5.74) is -0.140. The van der Waals surface area contributed by atoms with Crippen molar-refractivity contribution in [1.82, 2.24) is 0 Å². The summed E-state index contributed by atoms with van der Waals surface area (Å²) < 4.78 is 23.9. The largest absolute Gasteiger partial charge is 0.496 e. The van der Waals surface area contributed by atoms with Gasteiger partial charge >= 0.3 is 5.97 Å². The summed E-state index contributed by atoms with van der Waals surface area (Å²) >= 11 is 0. The minimum atomic E-state index is -0.716. The molecule has 0 spiro atoms. The molecule has 1 rings (SSSR count). The molecule has 0 aliphatic heterocycles. The van der Waals surface area contributed by atoms with Gasteiger partial charge < -0.3 is 9.47 Å². The van der Waals surface area contributed by atoms with E-state index < -0.39 is 17.4 Å². The van der Waals surface area contributed by atoms with Gasteiger partial charge in [0.15, 0.2) is 0 Å². The van der Waals surface area contributed by atoms with E-state index in [0.29, 0.717) is 5.56 Å². The molecule has 0 amide bonds. The Hall–Kier alpha value is -1.58. The Morgan fingerprint density at radius 1 is 1.29 bits per heavy atom. The minimum Gasteiger partial charge on any atom is -0.496 e. The number of benzene rings is 1. The lowest BCUT2D eigenvalue weighted by molar-refractivity contribution is 0.00615. The van der Waals surface area contributed by atoms with E-state index in [1.54, 1.807) is 33.8 Å². The Kier molecular flexibility index (Phi) is 3.76. The Bertz CT molecular complexity index is 433. The molecular weight excluding hydrogens is 223 g/mol. The molecule has 17 heavy (non-hydrogen) atoms. The molecule has 0 saturated carbocycles. The third kappa shape index (κ3) is 3.44. The van der Waals surface area contributed by atoms with E-state index in [0.717, 1.165) is 0 Å². The SMILES string of the molecule is COc1cc(C)cc(F)c1C(=O)OC(C)(C)C. The zero-order valence-electron chi connectivity index (χ0n) is 10.8. The number of esters is 1. The summed E-state index contributed by atoms with van der Waals surface area (Å²) in [6.45, 7) is 6.90. The molecule has 1 aromatic rings. The topological polar surface area (TPSA) is 35.5 Å². The first-order chi connectivity index (χ1) is 7.74. The van der Waals surface area contributed by atoms with Crippen molar-refractivity contribution < 1.29 is 18.7 Å². The molecule has 0 radical (unpaired) electrons. The van der Waals surface area contributed by atoms with E-state index in [1.807, 2.05) is 0 Å². The monoisotopic (exact) mass is 240 g/mol. The van der Waals surface area contributed by atoms with Crippen molar-refractivity contribution in [3.8, 4) is 5.75 Å². The fraction of sp³-hybridized carbons (Fsp3) is 0.462. The summed E-state index contributed by atoms with van der Waals surface area (Å²) in [5.74, 6) is -1.15. The fourth-order valence-corrected chi connectivity index (χ4v) is 1.40. The van der Waals surface area contributed by atoms with E-state index >= 15 is 0 Å². The summed E-state index contributed by atoms with van der Waals surface area (Å²) in [5, 5.41) is 0. The Balaban J connectivity index is 3.17. The van der Waals surface area contributed by atoms with Gasteiger partial charge in [-0.25, -0.2) is 9.18 Å². The number of aryl methyl sites for hydroxylation is 1. The number of carbonyl (C=O) groups is 1. The molecular formula is C13H17FO3. The van der Waals surface area contributed by atoms with Crippen LogP contribution in [0, 0.1) is 12.7 Å². The highest BCUT2D eigenvalue weighted by atomic mass is 19.1. The first kappa shape index (κ1) is 13.5. The van der Waals surface area contributed by atoms with Gasteiger partial charge in [-0.3, -0.25) is 0 Å². The molecule has 0 fully saturated rings. The van der Waals surface area contributed by atoms with Gasteiger partial charge in [-0.2, -0.15) is 0 Å². The Morgan fingerprint density at radius 2 is 1.88 bits per heavy atom. The normalized spacial score (nSPS) is 11.2. The van der Waals surface area contributed by atoms with Crippen molar-refractivity contribution in [2.75, 3.05) is 7.11 Å². The minimum absolute atomic E-state index is 0.159. The van der Waals surface area contributed by atoms with Gasteiger partial charge in [0.25, 0.3) is 0 Å². The molecule has 0 N–H and O–H groups in total. The third-order valence-electron chi connectivity index (χ3n) is 2.02. The Labute approximate surface area is 101 Å². The number of halogens is 1. The third-order valence-corrected chi connectivity index (χ3v) is 2.02. The highest BCUT2D eigenvalue weighted by Gasteiger charge is 2.24. The van der Waals surface area contributed by atoms with Crippen LogP contribution in [-0.2, 0) is 4.74 Å². The van der Waals surface area contributed by atoms with E-state index in [2.05, 4.69) is 0 Å². The summed E-state index contributed by atoms with van der Waals surface area (Å²) in [6.07, 6.45) is 0. The van der Waals surface area contributed by atoms with Gasteiger partial charge in [0.2, 0.25) is 0 Å². The van der Waals surface area contributed by atoms with Crippen LogP contribution in [0.2, 0.25) is 0 Å². The molecule has 0 atom stereocenters. The number of ether oxygens (including phenoxy) is 2. The maximum atomic E-state index is 13.7. The number of hydrogen-bond donors (Lipinski definition) is 0. The maximum Gasteiger partial charge on any atom is 0.345 e. The second-order valence-corrected chi connectivity index (χ2v) is 4.83. The van der Waals surface area contributed by atoms with Crippen LogP contribution in [0.4, 0.5) is 4.39 Å². The highest BCUT2D eigenvalue weighted by molar-refractivity contribution is 5.93. The van der Waals surface area contributed by atoms with Gasteiger partial charge in [0, 0.05) is 0 Å². The number of rotatable bonds is 2. The number of methoxy groups -OCH3 is 1. The molecule has 0 aliphatic carbocycles. The fourth-order valence-electron chi connectivity index (χ4n) is 1.40. The Morgan fingerprint density at radius 3 is 2.35 bits per heavy atom. The summed E-state index contributed by atoms with van der Waals surface area (Å²) in [4.78, 5) is 11.8. The van der Waals surface area contributed by atoms with E-state index in [1.165, 1.54) is 13.2 Å². The molecule has 3 nitrogen and oxygen atoms in total. The van der Waals surface area contributed by atoms with Crippen LogP contribution in [0.5, 0.6) is 5.75 Å². The summed E-state index contributed by atoms with van der Waals surface area (Å²) in [7, 11) is 1.39. The average Bonchev–Trinajstić information content (AvgIpc) is 2.12. The average molecular weight is 240 g/mol. The zero-order chi connectivity index (χ0) is 13.2. The van der Waals surface area contributed by atoms with Crippen LogP contribution in [0.15, 0.2) is 12.1 Å². The molecule has 94 valence electrons. The molecule has 1 aromatic carbocycles.